The van der Waals surface area contributed by atoms with Gasteiger partial charge in [0.25, 0.3) is 0 Å². The van der Waals surface area contributed by atoms with Gasteiger partial charge in [0, 0.05) is 17.1 Å². The van der Waals surface area contributed by atoms with Crippen LogP contribution >= 0.6 is 11.6 Å². The quantitative estimate of drug-likeness (QED) is 0.908. The van der Waals surface area contributed by atoms with Crippen LogP contribution in [-0.4, -0.2) is 20.1 Å². The molecule has 6 heteroatoms. The number of sulfone groups is 1. The monoisotopic (exact) mass is 337 g/mol. The van der Waals surface area contributed by atoms with Gasteiger partial charge in [0.1, 0.15) is 0 Å². The summed E-state index contributed by atoms with van der Waals surface area (Å²) in [6.45, 7) is 1.84. The summed E-state index contributed by atoms with van der Waals surface area (Å²) in [4.78, 5) is 12.2. The van der Waals surface area contributed by atoms with Crippen molar-refractivity contribution >= 4 is 33.0 Å². The average molecular weight is 338 g/mol. The van der Waals surface area contributed by atoms with E-state index in [2.05, 4.69) is 5.32 Å². The first-order valence-electron chi connectivity index (χ1n) is 6.72. The molecule has 0 bridgehead atoms. The second-order valence-electron chi connectivity index (χ2n) is 4.89. The Morgan fingerprint density at radius 1 is 1.14 bits per heavy atom. The molecule has 2 aromatic rings. The molecule has 22 heavy (non-hydrogen) atoms. The summed E-state index contributed by atoms with van der Waals surface area (Å²) < 4.78 is 24.2. The Labute approximate surface area is 135 Å². The minimum atomic E-state index is -3.45. The summed E-state index contributed by atoms with van der Waals surface area (Å²) in [5.74, 6) is -0.590. The highest BCUT2D eigenvalue weighted by molar-refractivity contribution is 7.91. The first-order valence-corrected chi connectivity index (χ1v) is 8.75. The van der Waals surface area contributed by atoms with Gasteiger partial charge in [-0.2, -0.15) is 0 Å². The summed E-state index contributed by atoms with van der Waals surface area (Å²) >= 11 is 5.88. The van der Waals surface area contributed by atoms with Gasteiger partial charge >= 0.3 is 0 Å². The number of nitrogens with one attached hydrogen (secondary N) is 1. The number of rotatable bonds is 5. The maximum Gasteiger partial charge on any atom is 0.225 e. The van der Waals surface area contributed by atoms with Gasteiger partial charge in [-0.25, -0.2) is 8.42 Å². The first kappa shape index (κ1) is 16.5. The second-order valence-corrected chi connectivity index (χ2v) is 7.43. The van der Waals surface area contributed by atoms with Crippen LogP contribution in [0.4, 0.5) is 5.69 Å². The summed E-state index contributed by atoms with van der Waals surface area (Å²) in [5.41, 5.74) is 1.46. The van der Waals surface area contributed by atoms with Crippen LogP contribution < -0.4 is 5.32 Å². The Hall–Kier alpha value is -1.85. The third-order valence-electron chi connectivity index (χ3n) is 3.17. The van der Waals surface area contributed by atoms with E-state index < -0.39 is 9.84 Å². The van der Waals surface area contributed by atoms with Crippen molar-refractivity contribution in [3.8, 4) is 0 Å². The van der Waals surface area contributed by atoms with Crippen molar-refractivity contribution in [2.75, 3.05) is 11.1 Å². The highest BCUT2D eigenvalue weighted by Crippen LogP contribution is 2.20. The van der Waals surface area contributed by atoms with E-state index in [1.165, 1.54) is 12.1 Å². The average Bonchev–Trinajstić information content (AvgIpc) is 2.50. The lowest BCUT2D eigenvalue weighted by Crippen LogP contribution is -2.17. The first-order chi connectivity index (χ1) is 10.4. The fourth-order valence-electron chi connectivity index (χ4n) is 1.91. The zero-order valence-electron chi connectivity index (χ0n) is 12.0. The minimum absolute atomic E-state index is 0.108. The third kappa shape index (κ3) is 4.32. The molecule has 116 valence electrons. The van der Waals surface area contributed by atoms with Crippen LogP contribution in [0.3, 0.4) is 0 Å². The predicted molar refractivity (Wildman–Crippen MR) is 87.9 cm³/mol. The Kier molecular flexibility index (Phi) is 5.21. The molecule has 0 aliphatic carbocycles. The number of carbonyl (C=O) groups excluding carboxylic acids is 1. The standard InChI is InChI=1S/C16H16ClNO3S/c1-12-7-8-13(17)11-15(12)18-16(19)9-10-22(20,21)14-5-3-2-4-6-14/h2-8,11H,9-10H2,1H3,(H,18,19). The Balaban J connectivity index is 2.00. The topological polar surface area (TPSA) is 63.2 Å². The van der Waals surface area contributed by atoms with E-state index >= 15 is 0 Å². The van der Waals surface area contributed by atoms with E-state index in [0.717, 1.165) is 5.56 Å². The van der Waals surface area contributed by atoms with E-state index in [9.17, 15) is 13.2 Å². The van der Waals surface area contributed by atoms with E-state index in [-0.39, 0.29) is 23.0 Å². The molecule has 0 saturated carbocycles. The van der Waals surface area contributed by atoms with Crippen molar-refractivity contribution in [1.29, 1.82) is 0 Å². The van der Waals surface area contributed by atoms with Crippen LogP contribution in [0.25, 0.3) is 0 Å². The molecule has 0 fully saturated rings. The van der Waals surface area contributed by atoms with E-state index in [1.54, 1.807) is 36.4 Å². The fourth-order valence-corrected chi connectivity index (χ4v) is 3.35. The van der Waals surface area contributed by atoms with Crippen molar-refractivity contribution in [3.63, 3.8) is 0 Å². The largest absolute Gasteiger partial charge is 0.326 e. The van der Waals surface area contributed by atoms with Crippen LogP contribution in [0, 0.1) is 6.92 Å². The van der Waals surface area contributed by atoms with E-state index in [4.69, 9.17) is 11.6 Å². The molecular formula is C16H16ClNO3S. The zero-order chi connectivity index (χ0) is 16.2. The molecule has 0 aliphatic rings. The molecule has 1 amide bonds. The lowest BCUT2D eigenvalue weighted by Gasteiger charge is -2.09. The molecule has 4 nitrogen and oxygen atoms in total. The van der Waals surface area contributed by atoms with Crippen molar-refractivity contribution in [2.24, 2.45) is 0 Å². The van der Waals surface area contributed by atoms with Crippen LogP contribution in [0.2, 0.25) is 5.02 Å². The summed E-state index contributed by atoms with van der Waals surface area (Å²) in [6.07, 6.45) is -0.108. The van der Waals surface area contributed by atoms with Gasteiger partial charge in [-0.3, -0.25) is 4.79 Å². The van der Waals surface area contributed by atoms with Gasteiger partial charge < -0.3 is 5.32 Å². The van der Waals surface area contributed by atoms with E-state index in [0.29, 0.717) is 10.7 Å². The molecule has 0 atom stereocenters. The third-order valence-corrected chi connectivity index (χ3v) is 5.14. The Bertz CT molecular complexity index is 773. The Morgan fingerprint density at radius 2 is 1.82 bits per heavy atom. The van der Waals surface area contributed by atoms with Crippen molar-refractivity contribution in [1.82, 2.24) is 0 Å². The second kappa shape index (κ2) is 6.94. The minimum Gasteiger partial charge on any atom is -0.326 e. The van der Waals surface area contributed by atoms with Gasteiger partial charge in [0.2, 0.25) is 5.91 Å². The van der Waals surface area contributed by atoms with Gasteiger partial charge in [-0.1, -0.05) is 35.9 Å². The maximum absolute atomic E-state index is 12.1. The highest BCUT2D eigenvalue weighted by atomic mass is 35.5. The number of aryl methyl sites for hydroxylation is 1. The van der Waals surface area contributed by atoms with Gasteiger partial charge in [0.05, 0.1) is 10.6 Å². The molecule has 0 aromatic heterocycles. The summed E-state index contributed by atoms with van der Waals surface area (Å²) in [6, 6.07) is 13.3. The predicted octanol–water partition coefficient (Wildman–Crippen LogP) is 3.45. The number of anilines is 1. The van der Waals surface area contributed by atoms with Crippen LogP contribution in [-0.2, 0) is 14.6 Å². The van der Waals surface area contributed by atoms with Gasteiger partial charge in [0.15, 0.2) is 9.84 Å². The summed E-state index contributed by atoms with van der Waals surface area (Å²) in [7, 11) is -3.45. The number of benzene rings is 2. The molecule has 0 aliphatic heterocycles. The lowest BCUT2D eigenvalue weighted by atomic mass is 10.2. The van der Waals surface area contributed by atoms with Crippen LogP contribution in [0.15, 0.2) is 53.4 Å². The van der Waals surface area contributed by atoms with E-state index in [1.807, 2.05) is 6.92 Å². The molecule has 0 saturated heterocycles. The van der Waals surface area contributed by atoms with Crippen molar-refractivity contribution in [3.05, 3.63) is 59.1 Å². The Morgan fingerprint density at radius 3 is 2.50 bits per heavy atom. The molecule has 2 rings (SSSR count). The lowest BCUT2D eigenvalue weighted by molar-refractivity contribution is -0.115. The SMILES string of the molecule is Cc1ccc(Cl)cc1NC(=O)CCS(=O)(=O)c1ccccc1. The summed E-state index contributed by atoms with van der Waals surface area (Å²) in [5, 5.41) is 3.20. The molecule has 0 unspecified atom stereocenters. The smallest absolute Gasteiger partial charge is 0.225 e. The van der Waals surface area contributed by atoms with Gasteiger partial charge in [-0.15, -0.1) is 0 Å². The zero-order valence-corrected chi connectivity index (χ0v) is 13.6. The highest BCUT2D eigenvalue weighted by Gasteiger charge is 2.16. The van der Waals surface area contributed by atoms with Crippen molar-refractivity contribution < 1.29 is 13.2 Å². The molecular weight excluding hydrogens is 322 g/mol. The maximum atomic E-state index is 12.1. The number of hydrogen-bond acceptors (Lipinski definition) is 3. The van der Waals surface area contributed by atoms with Crippen molar-refractivity contribution in [2.45, 2.75) is 18.2 Å². The number of carbonyl (C=O) groups is 1. The molecule has 0 heterocycles. The number of halogens is 1. The molecule has 2 aromatic carbocycles. The fraction of sp³-hybridized carbons (Fsp3) is 0.188. The molecule has 1 N–H and O–H groups in total. The van der Waals surface area contributed by atoms with Crippen LogP contribution in [0.1, 0.15) is 12.0 Å². The number of hydrogen-bond donors (Lipinski definition) is 1. The normalized spacial score (nSPS) is 11.2. The van der Waals surface area contributed by atoms with Gasteiger partial charge in [-0.05, 0) is 36.8 Å². The molecule has 0 spiro atoms. The molecule has 0 radical (unpaired) electrons. The number of amides is 1. The van der Waals surface area contributed by atoms with Crippen LogP contribution in [0.5, 0.6) is 0 Å².